The Morgan fingerprint density at radius 1 is 1.40 bits per heavy atom. The van der Waals surface area contributed by atoms with Gasteiger partial charge in [-0.1, -0.05) is 0 Å². The molecule has 1 fully saturated rings. The van der Waals surface area contributed by atoms with Crippen molar-refractivity contribution in [2.24, 2.45) is 0 Å². The van der Waals surface area contributed by atoms with Crippen LogP contribution in [0.1, 0.15) is 37.2 Å². The number of likely N-dealkylation sites (tertiary alicyclic amines) is 1. The van der Waals surface area contributed by atoms with Crippen LogP contribution in [-0.2, 0) is 0 Å². The number of rotatable bonds is 6. The van der Waals surface area contributed by atoms with Gasteiger partial charge in [0, 0.05) is 19.1 Å². The van der Waals surface area contributed by atoms with Gasteiger partial charge < -0.3 is 10.6 Å². The Bertz CT molecular complexity index is 426. The van der Waals surface area contributed by atoms with E-state index >= 15 is 0 Å². The highest BCUT2D eigenvalue weighted by Gasteiger charge is 2.18. The summed E-state index contributed by atoms with van der Waals surface area (Å²) < 4.78 is 0. The first-order valence-electron chi connectivity index (χ1n) is 7.43. The van der Waals surface area contributed by atoms with Crippen molar-refractivity contribution in [3.8, 4) is 0 Å². The van der Waals surface area contributed by atoms with Crippen molar-refractivity contribution in [1.29, 1.82) is 0 Å². The van der Waals surface area contributed by atoms with Gasteiger partial charge in [0.25, 0.3) is 5.91 Å². The van der Waals surface area contributed by atoms with Gasteiger partial charge >= 0.3 is 0 Å². The molecule has 2 rings (SSSR count). The number of nitrogens with one attached hydrogen (secondary N) is 2. The number of amides is 1. The second-order valence-electron chi connectivity index (χ2n) is 5.26. The van der Waals surface area contributed by atoms with Crippen molar-refractivity contribution in [3.05, 3.63) is 24.0 Å². The van der Waals surface area contributed by atoms with Crippen LogP contribution in [0.3, 0.4) is 0 Å². The Morgan fingerprint density at radius 2 is 2.15 bits per heavy atom. The Labute approximate surface area is 120 Å². The second-order valence-corrected chi connectivity index (χ2v) is 5.26. The van der Waals surface area contributed by atoms with Gasteiger partial charge in [0.2, 0.25) is 0 Å². The maximum Gasteiger partial charge on any atom is 0.269 e. The quantitative estimate of drug-likeness (QED) is 0.831. The van der Waals surface area contributed by atoms with Gasteiger partial charge in [-0.25, -0.2) is 4.98 Å². The zero-order valence-electron chi connectivity index (χ0n) is 12.4. The molecule has 2 heterocycles. The lowest BCUT2D eigenvalue weighted by atomic mass is 10.2. The van der Waals surface area contributed by atoms with Gasteiger partial charge in [-0.3, -0.25) is 9.69 Å². The number of carbonyl (C=O) groups excluding carboxylic acids is 1. The summed E-state index contributed by atoms with van der Waals surface area (Å²) >= 11 is 0. The molecule has 0 spiro atoms. The molecule has 0 aromatic carbocycles. The summed E-state index contributed by atoms with van der Waals surface area (Å²) in [5.41, 5.74) is 1.41. The first kappa shape index (κ1) is 14.8. The van der Waals surface area contributed by atoms with Crippen LogP contribution in [0.2, 0.25) is 0 Å². The monoisotopic (exact) mass is 276 g/mol. The summed E-state index contributed by atoms with van der Waals surface area (Å²) in [7, 11) is 0. The van der Waals surface area contributed by atoms with Crippen LogP contribution < -0.4 is 10.6 Å². The summed E-state index contributed by atoms with van der Waals surface area (Å²) in [6.07, 6.45) is 4.24. The van der Waals surface area contributed by atoms with Crippen molar-refractivity contribution in [2.45, 2.75) is 32.7 Å². The van der Waals surface area contributed by atoms with Crippen LogP contribution in [0.15, 0.2) is 18.3 Å². The van der Waals surface area contributed by atoms with Gasteiger partial charge in [0.15, 0.2) is 0 Å². The van der Waals surface area contributed by atoms with Crippen molar-refractivity contribution in [2.75, 3.05) is 31.5 Å². The van der Waals surface area contributed by atoms with E-state index in [1.165, 1.54) is 12.8 Å². The zero-order valence-corrected chi connectivity index (χ0v) is 12.4. The topological polar surface area (TPSA) is 57.3 Å². The molecule has 1 unspecified atom stereocenters. The maximum absolute atomic E-state index is 12.0. The Balaban J connectivity index is 1.81. The Morgan fingerprint density at radius 3 is 2.75 bits per heavy atom. The minimum Gasteiger partial charge on any atom is -0.384 e. The zero-order chi connectivity index (χ0) is 14.4. The van der Waals surface area contributed by atoms with E-state index in [-0.39, 0.29) is 5.91 Å². The number of pyridine rings is 1. The molecule has 20 heavy (non-hydrogen) atoms. The summed E-state index contributed by atoms with van der Waals surface area (Å²) in [5, 5.41) is 6.12. The number of hydrogen-bond donors (Lipinski definition) is 2. The maximum atomic E-state index is 12.0. The molecule has 5 heteroatoms. The minimum atomic E-state index is -0.0981. The van der Waals surface area contributed by atoms with Crippen LogP contribution in [0.25, 0.3) is 0 Å². The molecule has 1 aromatic rings. The molecule has 110 valence electrons. The predicted octanol–water partition coefficient (Wildman–Crippen LogP) is 1.73. The van der Waals surface area contributed by atoms with Crippen LogP contribution >= 0.6 is 0 Å². The van der Waals surface area contributed by atoms with Crippen LogP contribution in [0, 0.1) is 0 Å². The van der Waals surface area contributed by atoms with Crippen molar-refractivity contribution >= 4 is 11.6 Å². The minimum absolute atomic E-state index is 0.0981. The van der Waals surface area contributed by atoms with Crippen LogP contribution in [-0.4, -0.2) is 48.0 Å². The molecular formula is C15H24N4O. The first-order valence-corrected chi connectivity index (χ1v) is 7.43. The first-order chi connectivity index (χ1) is 9.70. The Hall–Kier alpha value is -1.62. The van der Waals surface area contributed by atoms with E-state index in [1.54, 1.807) is 12.3 Å². The van der Waals surface area contributed by atoms with Gasteiger partial charge in [-0.05, 0) is 51.9 Å². The average Bonchev–Trinajstić information content (AvgIpc) is 3.00. The van der Waals surface area contributed by atoms with Gasteiger partial charge in [-0.2, -0.15) is 0 Å². The number of aromatic nitrogens is 1. The SMILES string of the molecule is CCNc1ccc(C(=O)NCC(C)N2CCCC2)nc1. The molecule has 0 radical (unpaired) electrons. The molecule has 1 aliphatic rings. The molecular weight excluding hydrogens is 252 g/mol. The molecule has 5 nitrogen and oxygen atoms in total. The molecule has 1 saturated heterocycles. The third kappa shape index (κ3) is 3.93. The van der Waals surface area contributed by atoms with Crippen molar-refractivity contribution in [3.63, 3.8) is 0 Å². The normalized spacial score (nSPS) is 16.9. The van der Waals surface area contributed by atoms with Crippen LogP contribution in [0.5, 0.6) is 0 Å². The third-order valence-corrected chi connectivity index (χ3v) is 3.70. The molecule has 1 atom stereocenters. The Kier molecular flexibility index (Phi) is 5.35. The predicted molar refractivity (Wildman–Crippen MR) is 81.0 cm³/mol. The van der Waals surface area contributed by atoms with E-state index in [2.05, 4.69) is 27.4 Å². The lowest BCUT2D eigenvalue weighted by Crippen LogP contribution is -2.40. The van der Waals surface area contributed by atoms with E-state index in [9.17, 15) is 4.79 Å². The number of anilines is 1. The fourth-order valence-corrected chi connectivity index (χ4v) is 2.48. The number of nitrogens with zero attached hydrogens (tertiary/aromatic N) is 2. The molecule has 1 aromatic heterocycles. The molecule has 0 aliphatic carbocycles. The largest absolute Gasteiger partial charge is 0.384 e. The second kappa shape index (κ2) is 7.24. The lowest BCUT2D eigenvalue weighted by molar-refractivity contribution is 0.0935. The third-order valence-electron chi connectivity index (χ3n) is 3.70. The van der Waals surface area contributed by atoms with Crippen LogP contribution in [0.4, 0.5) is 5.69 Å². The summed E-state index contributed by atoms with van der Waals surface area (Å²) in [6, 6.07) is 4.03. The van der Waals surface area contributed by atoms with E-state index in [0.29, 0.717) is 18.3 Å². The average molecular weight is 276 g/mol. The fraction of sp³-hybridized carbons (Fsp3) is 0.600. The van der Waals surface area contributed by atoms with E-state index in [1.807, 2.05) is 13.0 Å². The van der Waals surface area contributed by atoms with Crippen molar-refractivity contribution < 1.29 is 4.79 Å². The molecule has 1 amide bonds. The summed E-state index contributed by atoms with van der Waals surface area (Å²) in [5.74, 6) is -0.0981. The van der Waals surface area contributed by atoms with E-state index < -0.39 is 0 Å². The number of hydrogen-bond acceptors (Lipinski definition) is 4. The highest BCUT2D eigenvalue weighted by molar-refractivity contribution is 5.92. The molecule has 1 aliphatic heterocycles. The smallest absolute Gasteiger partial charge is 0.269 e. The number of carbonyl (C=O) groups is 1. The van der Waals surface area contributed by atoms with Gasteiger partial charge in [-0.15, -0.1) is 0 Å². The lowest BCUT2D eigenvalue weighted by Gasteiger charge is -2.23. The molecule has 2 N–H and O–H groups in total. The van der Waals surface area contributed by atoms with Gasteiger partial charge in [0.05, 0.1) is 11.9 Å². The van der Waals surface area contributed by atoms with E-state index in [0.717, 1.165) is 25.3 Å². The highest BCUT2D eigenvalue weighted by Crippen LogP contribution is 2.11. The van der Waals surface area contributed by atoms with Crippen molar-refractivity contribution in [1.82, 2.24) is 15.2 Å². The van der Waals surface area contributed by atoms with E-state index in [4.69, 9.17) is 0 Å². The fourth-order valence-electron chi connectivity index (χ4n) is 2.48. The molecule has 0 saturated carbocycles. The molecule has 0 bridgehead atoms. The van der Waals surface area contributed by atoms with Gasteiger partial charge in [0.1, 0.15) is 5.69 Å². The summed E-state index contributed by atoms with van der Waals surface area (Å²) in [4.78, 5) is 18.6. The summed E-state index contributed by atoms with van der Waals surface area (Å²) in [6.45, 7) is 8.00. The standard InChI is InChI=1S/C15H24N4O/c1-3-16-13-6-7-14(17-11-13)15(20)18-10-12(2)19-8-4-5-9-19/h6-7,11-12,16H,3-5,8-10H2,1-2H3,(H,18,20). The highest BCUT2D eigenvalue weighted by atomic mass is 16.1.